The summed E-state index contributed by atoms with van der Waals surface area (Å²) >= 11 is 0. The molecule has 0 aromatic carbocycles. The normalized spacial score (nSPS) is 13.8. The second-order valence-electron chi connectivity index (χ2n) is 5.32. The Balaban J connectivity index is 2.49. The van der Waals surface area contributed by atoms with Gasteiger partial charge in [-0.05, 0) is 19.3 Å². The zero-order valence-electron chi connectivity index (χ0n) is 12.0. The second kappa shape index (κ2) is 7.52. The van der Waals surface area contributed by atoms with Gasteiger partial charge in [0.25, 0.3) is 0 Å². The van der Waals surface area contributed by atoms with E-state index in [1.165, 1.54) is 12.5 Å². The standard InChI is InChI=1S/C13H22N4O3/c1-8(2)4-9(3)16-13(20)17-11(12(18)19)5-10-6-14-7-15-10/h6-9,11H,4-5H2,1-3H3,(H,14,15)(H,18,19)(H2,16,17,20). The first kappa shape index (κ1) is 16.0. The zero-order chi connectivity index (χ0) is 15.1. The molecule has 0 spiro atoms. The van der Waals surface area contributed by atoms with Gasteiger partial charge >= 0.3 is 12.0 Å². The van der Waals surface area contributed by atoms with Gasteiger partial charge in [-0.25, -0.2) is 14.6 Å². The monoisotopic (exact) mass is 282 g/mol. The minimum Gasteiger partial charge on any atom is -0.480 e. The van der Waals surface area contributed by atoms with Crippen molar-refractivity contribution in [1.29, 1.82) is 0 Å². The number of carboxylic acids is 1. The minimum absolute atomic E-state index is 0.00315. The van der Waals surface area contributed by atoms with E-state index in [9.17, 15) is 9.59 Å². The van der Waals surface area contributed by atoms with Crippen molar-refractivity contribution in [3.63, 3.8) is 0 Å². The molecule has 0 saturated heterocycles. The van der Waals surface area contributed by atoms with Crippen LogP contribution in [-0.4, -0.2) is 39.2 Å². The Morgan fingerprint density at radius 1 is 1.35 bits per heavy atom. The molecule has 7 nitrogen and oxygen atoms in total. The lowest BCUT2D eigenvalue weighted by Gasteiger charge is -2.19. The molecule has 20 heavy (non-hydrogen) atoms. The number of H-pyrrole nitrogens is 1. The second-order valence-corrected chi connectivity index (χ2v) is 5.32. The van der Waals surface area contributed by atoms with Crippen LogP contribution in [-0.2, 0) is 11.2 Å². The topological polar surface area (TPSA) is 107 Å². The van der Waals surface area contributed by atoms with Crippen molar-refractivity contribution in [2.45, 2.75) is 45.7 Å². The third-order valence-electron chi connectivity index (χ3n) is 2.78. The van der Waals surface area contributed by atoms with Crippen LogP contribution < -0.4 is 10.6 Å². The molecular formula is C13H22N4O3. The molecule has 7 heteroatoms. The molecule has 2 amide bonds. The van der Waals surface area contributed by atoms with E-state index in [1.54, 1.807) is 0 Å². The van der Waals surface area contributed by atoms with Gasteiger partial charge in [0, 0.05) is 24.4 Å². The Bertz CT molecular complexity index is 431. The van der Waals surface area contributed by atoms with Crippen LogP contribution in [0.3, 0.4) is 0 Å². The van der Waals surface area contributed by atoms with Crippen molar-refractivity contribution in [1.82, 2.24) is 20.6 Å². The minimum atomic E-state index is -1.08. The molecule has 0 aliphatic heterocycles. The first-order valence-electron chi connectivity index (χ1n) is 6.65. The lowest BCUT2D eigenvalue weighted by atomic mass is 10.1. The number of carbonyl (C=O) groups is 2. The number of hydrogen-bond donors (Lipinski definition) is 4. The summed E-state index contributed by atoms with van der Waals surface area (Å²) in [5.41, 5.74) is 0.660. The van der Waals surface area contributed by atoms with Gasteiger partial charge in [-0.2, -0.15) is 0 Å². The van der Waals surface area contributed by atoms with Gasteiger partial charge in [0.1, 0.15) is 6.04 Å². The van der Waals surface area contributed by atoms with Crippen molar-refractivity contribution >= 4 is 12.0 Å². The van der Waals surface area contributed by atoms with Crippen LogP contribution in [0.2, 0.25) is 0 Å². The number of nitrogens with one attached hydrogen (secondary N) is 3. The van der Waals surface area contributed by atoms with Gasteiger partial charge in [0.05, 0.1) is 6.33 Å². The smallest absolute Gasteiger partial charge is 0.326 e. The molecule has 1 heterocycles. The Morgan fingerprint density at radius 2 is 2.05 bits per heavy atom. The summed E-state index contributed by atoms with van der Waals surface area (Å²) in [4.78, 5) is 29.5. The van der Waals surface area contributed by atoms with Crippen LogP contribution in [0.1, 0.15) is 32.9 Å². The summed E-state index contributed by atoms with van der Waals surface area (Å²) in [5.74, 6) is -0.614. The van der Waals surface area contributed by atoms with Gasteiger partial charge < -0.3 is 20.7 Å². The third kappa shape index (κ3) is 5.73. The SMILES string of the molecule is CC(C)CC(C)NC(=O)NC(Cc1cnc[nH]1)C(=O)O. The summed E-state index contributed by atoms with van der Waals surface area (Å²) in [6.07, 6.45) is 4.02. The highest BCUT2D eigenvalue weighted by Gasteiger charge is 2.21. The fourth-order valence-electron chi connectivity index (χ4n) is 2.01. The van der Waals surface area contributed by atoms with E-state index in [0.717, 1.165) is 6.42 Å². The van der Waals surface area contributed by atoms with Crippen LogP contribution in [0, 0.1) is 5.92 Å². The summed E-state index contributed by atoms with van der Waals surface area (Å²) in [7, 11) is 0. The van der Waals surface area contributed by atoms with E-state index in [1.807, 2.05) is 6.92 Å². The average Bonchev–Trinajstić information content (AvgIpc) is 2.79. The highest BCUT2D eigenvalue weighted by molar-refractivity contribution is 5.82. The number of aliphatic carboxylic acids is 1. The van der Waals surface area contributed by atoms with Gasteiger partial charge in [-0.1, -0.05) is 13.8 Å². The molecule has 1 aromatic heterocycles. The Hall–Kier alpha value is -2.05. The van der Waals surface area contributed by atoms with Crippen LogP contribution in [0.25, 0.3) is 0 Å². The van der Waals surface area contributed by atoms with Crippen molar-refractivity contribution in [3.8, 4) is 0 Å². The molecule has 4 N–H and O–H groups in total. The maximum Gasteiger partial charge on any atom is 0.326 e. The first-order valence-corrected chi connectivity index (χ1v) is 6.65. The molecule has 1 rings (SSSR count). The largest absolute Gasteiger partial charge is 0.480 e. The summed E-state index contributed by atoms with van der Waals surface area (Å²) in [6.45, 7) is 6.02. The Kier molecular flexibility index (Phi) is 6.02. The average molecular weight is 282 g/mol. The van der Waals surface area contributed by atoms with Gasteiger partial charge in [0.15, 0.2) is 0 Å². The molecular weight excluding hydrogens is 260 g/mol. The van der Waals surface area contributed by atoms with E-state index < -0.39 is 18.0 Å². The van der Waals surface area contributed by atoms with E-state index in [2.05, 4.69) is 34.4 Å². The van der Waals surface area contributed by atoms with Gasteiger partial charge in [0.2, 0.25) is 0 Å². The number of carboxylic acid groups (broad SMARTS) is 1. The molecule has 112 valence electrons. The maximum atomic E-state index is 11.8. The molecule has 0 saturated carbocycles. The summed E-state index contributed by atoms with van der Waals surface area (Å²) < 4.78 is 0. The number of hydrogen-bond acceptors (Lipinski definition) is 3. The Labute approximate surface area is 118 Å². The molecule has 0 aliphatic rings. The van der Waals surface area contributed by atoms with E-state index in [4.69, 9.17) is 5.11 Å². The molecule has 0 bridgehead atoms. The quantitative estimate of drug-likeness (QED) is 0.601. The van der Waals surface area contributed by atoms with Crippen molar-refractivity contribution in [2.24, 2.45) is 5.92 Å². The number of amides is 2. The fraction of sp³-hybridized carbons (Fsp3) is 0.615. The number of aromatic amines is 1. The summed E-state index contributed by atoms with van der Waals surface area (Å²) in [5, 5.41) is 14.3. The van der Waals surface area contributed by atoms with Crippen molar-refractivity contribution in [3.05, 3.63) is 18.2 Å². The summed E-state index contributed by atoms with van der Waals surface area (Å²) in [6, 6.07) is -1.46. The number of imidazole rings is 1. The molecule has 0 fully saturated rings. The van der Waals surface area contributed by atoms with Crippen molar-refractivity contribution < 1.29 is 14.7 Å². The predicted octanol–water partition coefficient (Wildman–Crippen LogP) is 1.14. The predicted molar refractivity (Wildman–Crippen MR) is 74.3 cm³/mol. The lowest BCUT2D eigenvalue weighted by Crippen LogP contribution is -2.49. The van der Waals surface area contributed by atoms with Gasteiger partial charge in [-0.3, -0.25) is 0 Å². The van der Waals surface area contributed by atoms with E-state index in [0.29, 0.717) is 11.6 Å². The lowest BCUT2D eigenvalue weighted by molar-refractivity contribution is -0.139. The molecule has 2 unspecified atom stereocenters. The first-order chi connectivity index (χ1) is 9.38. The molecule has 0 radical (unpaired) electrons. The Morgan fingerprint density at radius 3 is 2.55 bits per heavy atom. The zero-order valence-corrected chi connectivity index (χ0v) is 12.0. The van der Waals surface area contributed by atoms with Crippen molar-refractivity contribution in [2.75, 3.05) is 0 Å². The number of carbonyl (C=O) groups excluding carboxylic acids is 1. The van der Waals surface area contributed by atoms with Crippen LogP contribution >= 0.6 is 0 Å². The number of aromatic nitrogens is 2. The molecule has 0 aliphatic carbocycles. The van der Waals surface area contributed by atoms with Gasteiger partial charge in [-0.15, -0.1) is 0 Å². The maximum absolute atomic E-state index is 11.8. The highest BCUT2D eigenvalue weighted by atomic mass is 16.4. The molecule has 2 atom stereocenters. The van der Waals surface area contributed by atoms with E-state index in [-0.39, 0.29) is 12.5 Å². The number of rotatable bonds is 7. The van der Waals surface area contributed by atoms with Crippen LogP contribution in [0.4, 0.5) is 4.79 Å². The number of nitrogens with zero attached hydrogens (tertiary/aromatic N) is 1. The molecule has 1 aromatic rings. The number of urea groups is 1. The van der Waals surface area contributed by atoms with E-state index >= 15 is 0 Å². The fourth-order valence-corrected chi connectivity index (χ4v) is 2.01. The van der Waals surface area contributed by atoms with Crippen LogP contribution in [0.15, 0.2) is 12.5 Å². The highest BCUT2D eigenvalue weighted by Crippen LogP contribution is 2.04. The third-order valence-corrected chi connectivity index (χ3v) is 2.78. The van der Waals surface area contributed by atoms with Crippen LogP contribution in [0.5, 0.6) is 0 Å².